The Hall–Kier alpha value is -0.300. The zero-order valence-corrected chi connectivity index (χ0v) is 12.8. The Bertz CT molecular complexity index is 244. The number of hydrogen-bond acceptors (Lipinski definition) is 1. The van der Waals surface area contributed by atoms with Gasteiger partial charge in [-0.05, 0) is 69.1 Å². The van der Waals surface area contributed by atoms with E-state index in [9.17, 15) is 0 Å². The molecule has 0 amide bonds. The van der Waals surface area contributed by atoms with E-state index >= 15 is 0 Å². The number of ether oxygens (including phenoxy) is 1. The molecule has 2 rings (SSSR count). The maximum absolute atomic E-state index is 5.49. The third-order valence-corrected chi connectivity index (χ3v) is 5.63. The summed E-state index contributed by atoms with van der Waals surface area (Å²) in [5.74, 6) is 3.07. The van der Waals surface area contributed by atoms with Gasteiger partial charge in [-0.15, -0.1) is 6.58 Å². The van der Waals surface area contributed by atoms with Crippen LogP contribution in [0.4, 0.5) is 0 Å². The van der Waals surface area contributed by atoms with Crippen molar-refractivity contribution in [3.05, 3.63) is 12.7 Å². The monoisotopic (exact) mass is 264 g/mol. The lowest BCUT2D eigenvalue weighted by atomic mass is 9.70. The van der Waals surface area contributed by atoms with Crippen molar-refractivity contribution in [3.63, 3.8) is 0 Å². The molecule has 0 aliphatic heterocycles. The van der Waals surface area contributed by atoms with Gasteiger partial charge in [-0.2, -0.15) is 0 Å². The van der Waals surface area contributed by atoms with Crippen LogP contribution in [0.15, 0.2) is 12.7 Å². The van der Waals surface area contributed by atoms with Crippen LogP contribution in [-0.2, 0) is 4.74 Å². The summed E-state index contributed by atoms with van der Waals surface area (Å²) in [5, 5.41) is 0. The SMILES string of the molecule is C=CCCC[C@H]1CC[C@H](C2CCC(OC)CC2)CC1. The topological polar surface area (TPSA) is 9.23 Å². The number of rotatable bonds is 6. The fraction of sp³-hybridized carbons (Fsp3) is 0.889. The first-order valence-electron chi connectivity index (χ1n) is 8.47. The van der Waals surface area contributed by atoms with Gasteiger partial charge in [0.2, 0.25) is 0 Å². The molecular formula is C18H32O. The fourth-order valence-electron chi connectivity index (χ4n) is 4.29. The molecule has 2 aliphatic rings. The minimum Gasteiger partial charge on any atom is -0.381 e. The van der Waals surface area contributed by atoms with E-state index in [0.717, 1.165) is 17.8 Å². The van der Waals surface area contributed by atoms with E-state index in [4.69, 9.17) is 4.74 Å². The van der Waals surface area contributed by atoms with Crippen LogP contribution < -0.4 is 0 Å². The third kappa shape index (κ3) is 4.63. The quantitative estimate of drug-likeness (QED) is 0.464. The summed E-state index contributed by atoms with van der Waals surface area (Å²) in [4.78, 5) is 0. The summed E-state index contributed by atoms with van der Waals surface area (Å²) in [6.45, 7) is 3.82. The first-order chi connectivity index (χ1) is 9.33. The van der Waals surface area contributed by atoms with Gasteiger partial charge in [0.25, 0.3) is 0 Å². The minimum absolute atomic E-state index is 0.562. The molecule has 0 aromatic rings. The van der Waals surface area contributed by atoms with Crippen molar-refractivity contribution in [1.82, 2.24) is 0 Å². The Morgan fingerprint density at radius 3 is 2.05 bits per heavy atom. The summed E-state index contributed by atoms with van der Waals surface area (Å²) in [6, 6.07) is 0. The van der Waals surface area contributed by atoms with E-state index in [0.29, 0.717) is 6.10 Å². The molecule has 19 heavy (non-hydrogen) atoms. The lowest BCUT2D eigenvalue weighted by molar-refractivity contribution is 0.0391. The number of hydrogen-bond donors (Lipinski definition) is 0. The van der Waals surface area contributed by atoms with Gasteiger partial charge in [-0.3, -0.25) is 0 Å². The summed E-state index contributed by atoms with van der Waals surface area (Å²) in [5.41, 5.74) is 0. The molecule has 0 aromatic carbocycles. The second kappa shape index (κ2) is 8.09. The van der Waals surface area contributed by atoms with Gasteiger partial charge in [-0.1, -0.05) is 25.3 Å². The van der Waals surface area contributed by atoms with Crippen LogP contribution in [0.2, 0.25) is 0 Å². The van der Waals surface area contributed by atoms with Crippen molar-refractivity contribution in [3.8, 4) is 0 Å². The lowest BCUT2D eigenvalue weighted by Crippen LogP contribution is -2.28. The van der Waals surface area contributed by atoms with Gasteiger partial charge >= 0.3 is 0 Å². The molecule has 0 spiro atoms. The number of methoxy groups -OCH3 is 1. The molecule has 0 N–H and O–H groups in total. The van der Waals surface area contributed by atoms with E-state index in [1.54, 1.807) is 0 Å². The molecule has 0 bridgehead atoms. The van der Waals surface area contributed by atoms with E-state index < -0.39 is 0 Å². The molecular weight excluding hydrogens is 232 g/mol. The van der Waals surface area contributed by atoms with Gasteiger partial charge in [0, 0.05) is 7.11 Å². The molecule has 2 aliphatic carbocycles. The summed E-state index contributed by atoms with van der Waals surface area (Å²) >= 11 is 0. The van der Waals surface area contributed by atoms with Crippen LogP contribution in [-0.4, -0.2) is 13.2 Å². The zero-order valence-electron chi connectivity index (χ0n) is 12.8. The predicted molar refractivity (Wildman–Crippen MR) is 82.3 cm³/mol. The van der Waals surface area contributed by atoms with Crippen LogP contribution >= 0.6 is 0 Å². The average Bonchev–Trinajstić information content (AvgIpc) is 2.48. The number of allylic oxidation sites excluding steroid dienone is 1. The number of unbranched alkanes of at least 4 members (excludes halogenated alkanes) is 1. The smallest absolute Gasteiger partial charge is 0.0571 e. The van der Waals surface area contributed by atoms with Crippen molar-refractivity contribution in [2.75, 3.05) is 7.11 Å². The van der Waals surface area contributed by atoms with Gasteiger partial charge in [-0.25, -0.2) is 0 Å². The summed E-state index contributed by atoms with van der Waals surface area (Å²) in [6.07, 6.45) is 18.1. The molecule has 2 saturated carbocycles. The molecule has 0 aromatic heterocycles. The predicted octanol–water partition coefficient (Wildman–Crippen LogP) is 5.35. The molecule has 110 valence electrons. The fourth-order valence-corrected chi connectivity index (χ4v) is 4.29. The summed E-state index contributed by atoms with van der Waals surface area (Å²) < 4.78 is 5.49. The Kier molecular flexibility index (Phi) is 6.43. The Morgan fingerprint density at radius 2 is 1.53 bits per heavy atom. The zero-order chi connectivity index (χ0) is 13.5. The van der Waals surface area contributed by atoms with Crippen molar-refractivity contribution >= 4 is 0 Å². The van der Waals surface area contributed by atoms with Crippen LogP contribution in [0, 0.1) is 17.8 Å². The Morgan fingerprint density at radius 1 is 0.947 bits per heavy atom. The van der Waals surface area contributed by atoms with Crippen LogP contribution in [0.25, 0.3) is 0 Å². The second-order valence-electron chi connectivity index (χ2n) is 6.77. The second-order valence-corrected chi connectivity index (χ2v) is 6.77. The Labute approximate surface area is 119 Å². The lowest BCUT2D eigenvalue weighted by Gasteiger charge is -2.37. The van der Waals surface area contributed by atoms with Crippen molar-refractivity contribution < 1.29 is 4.74 Å². The molecule has 0 atom stereocenters. The molecule has 0 unspecified atom stereocenters. The van der Waals surface area contributed by atoms with Crippen molar-refractivity contribution in [1.29, 1.82) is 0 Å². The average molecular weight is 264 g/mol. The van der Waals surface area contributed by atoms with Gasteiger partial charge < -0.3 is 4.74 Å². The highest BCUT2D eigenvalue weighted by molar-refractivity contribution is 4.82. The van der Waals surface area contributed by atoms with E-state index in [1.807, 2.05) is 7.11 Å². The third-order valence-electron chi connectivity index (χ3n) is 5.63. The highest BCUT2D eigenvalue weighted by atomic mass is 16.5. The van der Waals surface area contributed by atoms with E-state index in [2.05, 4.69) is 12.7 Å². The summed E-state index contributed by atoms with van der Waals surface area (Å²) in [7, 11) is 1.87. The van der Waals surface area contributed by atoms with Gasteiger partial charge in [0.15, 0.2) is 0 Å². The van der Waals surface area contributed by atoms with Crippen LogP contribution in [0.5, 0.6) is 0 Å². The van der Waals surface area contributed by atoms with E-state index in [-0.39, 0.29) is 0 Å². The van der Waals surface area contributed by atoms with Gasteiger partial charge in [0.1, 0.15) is 0 Å². The van der Waals surface area contributed by atoms with Crippen molar-refractivity contribution in [2.45, 2.75) is 76.7 Å². The Balaban J connectivity index is 1.64. The largest absolute Gasteiger partial charge is 0.381 e. The normalized spacial score (nSPS) is 36.1. The molecule has 2 fully saturated rings. The standard InChI is InChI=1S/C18H32O/c1-3-4-5-6-15-7-9-16(10-8-15)17-11-13-18(19-2)14-12-17/h3,15-18H,1,4-14H2,2H3/t15-,16-,17?,18?. The first-order valence-corrected chi connectivity index (χ1v) is 8.47. The first kappa shape index (κ1) is 15.1. The minimum atomic E-state index is 0.562. The molecule has 0 radical (unpaired) electrons. The maximum atomic E-state index is 5.49. The van der Waals surface area contributed by atoms with Crippen LogP contribution in [0.3, 0.4) is 0 Å². The highest BCUT2D eigenvalue weighted by Crippen LogP contribution is 2.41. The van der Waals surface area contributed by atoms with Crippen LogP contribution in [0.1, 0.15) is 70.6 Å². The molecule has 1 heteroatoms. The van der Waals surface area contributed by atoms with E-state index in [1.165, 1.54) is 70.6 Å². The molecule has 1 nitrogen and oxygen atoms in total. The highest BCUT2D eigenvalue weighted by Gasteiger charge is 2.30. The molecule has 0 saturated heterocycles. The van der Waals surface area contributed by atoms with Gasteiger partial charge in [0.05, 0.1) is 6.10 Å². The molecule has 0 heterocycles. The van der Waals surface area contributed by atoms with Crippen molar-refractivity contribution in [2.24, 2.45) is 17.8 Å². The maximum Gasteiger partial charge on any atom is 0.0571 e.